The fraction of sp³-hybridized carbons (Fsp3) is 0.438. The summed E-state index contributed by atoms with van der Waals surface area (Å²) in [4.78, 5) is 12.0. The largest absolute Gasteiger partial charge is 0.507 e. The summed E-state index contributed by atoms with van der Waals surface area (Å²) in [6, 6.07) is 6.53. The number of phenols is 1. The first-order valence-electron chi connectivity index (χ1n) is 7.73. The Kier molecular flexibility index (Phi) is 4.37. The summed E-state index contributed by atoms with van der Waals surface area (Å²) < 4.78 is 2.18. The van der Waals surface area contributed by atoms with Gasteiger partial charge in [-0.15, -0.1) is 10.2 Å². The first-order valence-corrected chi connectivity index (χ1v) is 7.73. The van der Waals surface area contributed by atoms with Crippen molar-refractivity contribution in [1.82, 2.24) is 20.1 Å². The van der Waals surface area contributed by atoms with Crippen molar-refractivity contribution in [3.05, 3.63) is 41.5 Å². The van der Waals surface area contributed by atoms with Gasteiger partial charge in [0.25, 0.3) is 5.91 Å². The van der Waals surface area contributed by atoms with Crippen molar-refractivity contribution in [1.29, 1.82) is 0 Å². The molecule has 0 spiro atoms. The molecule has 6 heteroatoms. The molecule has 0 bridgehead atoms. The minimum absolute atomic E-state index is 0.00338. The Balaban J connectivity index is 1.59. The van der Waals surface area contributed by atoms with E-state index in [1.807, 2.05) is 0 Å². The first-order chi connectivity index (χ1) is 10.8. The normalized spacial score (nSPS) is 14.2. The SMILES string of the molecule is O=C(NCCc1nnc2n1CCCCC2)c1ccccc1O. The number of nitrogens with zero attached hydrogens (tertiary/aromatic N) is 3. The predicted molar refractivity (Wildman–Crippen MR) is 81.7 cm³/mol. The Hall–Kier alpha value is -2.37. The number of aromatic hydroxyl groups is 1. The van der Waals surface area contributed by atoms with Gasteiger partial charge in [-0.25, -0.2) is 0 Å². The molecule has 1 aliphatic heterocycles. The van der Waals surface area contributed by atoms with E-state index in [9.17, 15) is 9.90 Å². The average molecular weight is 300 g/mol. The highest BCUT2D eigenvalue weighted by atomic mass is 16.3. The Morgan fingerprint density at radius 1 is 1.23 bits per heavy atom. The number of aryl methyl sites for hydroxylation is 1. The number of fused-ring (bicyclic) bond motifs is 1. The van der Waals surface area contributed by atoms with Gasteiger partial charge in [-0.2, -0.15) is 0 Å². The second kappa shape index (κ2) is 6.60. The number of carbonyl (C=O) groups excluding carboxylic acids is 1. The van der Waals surface area contributed by atoms with Crippen molar-refractivity contribution in [3.63, 3.8) is 0 Å². The topological polar surface area (TPSA) is 80.0 Å². The van der Waals surface area contributed by atoms with Crippen molar-refractivity contribution in [2.24, 2.45) is 0 Å². The number of amides is 1. The fourth-order valence-electron chi connectivity index (χ4n) is 2.78. The highest BCUT2D eigenvalue weighted by molar-refractivity contribution is 5.96. The predicted octanol–water partition coefficient (Wildman–Crippen LogP) is 1.68. The molecular weight excluding hydrogens is 280 g/mol. The number of hydrogen-bond donors (Lipinski definition) is 2. The fourth-order valence-corrected chi connectivity index (χ4v) is 2.78. The number of phenolic OH excluding ortho intramolecular Hbond substituents is 1. The number of nitrogens with one attached hydrogen (secondary N) is 1. The van der Waals surface area contributed by atoms with Gasteiger partial charge in [-0.3, -0.25) is 4.79 Å². The van der Waals surface area contributed by atoms with E-state index >= 15 is 0 Å². The maximum Gasteiger partial charge on any atom is 0.255 e. The Bertz CT molecular complexity index is 666. The lowest BCUT2D eigenvalue weighted by Crippen LogP contribution is -2.26. The second-order valence-corrected chi connectivity index (χ2v) is 5.52. The Labute approximate surface area is 129 Å². The highest BCUT2D eigenvalue weighted by Crippen LogP contribution is 2.16. The van der Waals surface area contributed by atoms with Gasteiger partial charge in [0.15, 0.2) is 0 Å². The van der Waals surface area contributed by atoms with Crippen molar-refractivity contribution in [2.45, 2.75) is 38.6 Å². The molecule has 22 heavy (non-hydrogen) atoms. The second-order valence-electron chi connectivity index (χ2n) is 5.52. The quantitative estimate of drug-likeness (QED) is 0.900. The summed E-state index contributed by atoms with van der Waals surface area (Å²) in [5, 5.41) is 21.0. The zero-order valence-corrected chi connectivity index (χ0v) is 12.5. The molecule has 116 valence electrons. The molecule has 0 fully saturated rings. The molecule has 1 aliphatic rings. The molecule has 0 saturated carbocycles. The lowest BCUT2D eigenvalue weighted by molar-refractivity contribution is 0.0951. The van der Waals surface area contributed by atoms with Crippen LogP contribution in [0.15, 0.2) is 24.3 Å². The number of rotatable bonds is 4. The van der Waals surface area contributed by atoms with E-state index in [1.54, 1.807) is 18.2 Å². The van der Waals surface area contributed by atoms with E-state index in [4.69, 9.17) is 0 Å². The van der Waals surface area contributed by atoms with Crippen LogP contribution in [0, 0.1) is 0 Å². The summed E-state index contributed by atoms with van der Waals surface area (Å²) in [5.41, 5.74) is 0.294. The molecule has 2 N–H and O–H groups in total. The lowest BCUT2D eigenvalue weighted by Gasteiger charge is -2.08. The maximum atomic E-state index is 12.0. The summed E-state index contributed by atoms with van der Waals surface area (Å²) >= 11 is 0. The molecular formula is C16H20N4O2. The molecule has 0 saturated heterocycles. The van der Waals surface area contributed by atoms with E-state index in [-0.39, 0.29) is 11.7 Å². The summed E-state index contributed by atoms with van der Waals surface area (Å²) in [6.45, 7) is 1.44. The van der Waals surface area contributed by atoms with Crippen molar-refractivity contribution < 1.29 is 9.90 Å². The van der Waals surface area contributed by atoms with Crippen molar-refractivity contribution >= 4 is 5.91 Å². The lowest BCUT2D eigenvalue weighted by atomic mass is 10.2. The molecule has 6 nitrogen and oxygen atoms in total. The summed E-state index contributed by atoms with van der Waals surface area (Å²) in [5.74, 6) is 1.71. The zero-order valence-electron chi connectivity index (χ0n) is 12.5. The molecule has 2 heterocycles. The number of para-hydroxylation sites is 1. The molecule has 0 radical (unpaired) electrons. The summed E-state index contributed by atoms with van der Waals surface area (Å²) in [7, 11) is 0. The monoisotopic (exact) mass is 300 g/mol. The number of hydrogen-bond acceptors (Lipinski definition) is 4. The number of benzene rings is 1. The zero-order chi connectivity index (χ0) is 15.4. The average Bonchev–Trinajstić information content (AvgIpc) is 2.75. The van der Waals surface area contributed by atoms with Crippen LogP contribution in [-0.4, -0.2) is 32.3 Å². The van der Waals surface area contributed by atoms with Gasteiger partial charge in [0.05, 0.1) is 5.56 Å². The van der Waals surface area contributed by atoms with Crippen LogP contribution >= 0.6 is 0 Å². The van der Waals surface area contributed by atoms with Gasteiger partial charge in [0, 0.05) is 25.9 Å². The van der Waals surface area contributed by atoms with Gasteiger partial charge < -0.3 is 15.0 Å². The van der Waals surface area contributed by atoms with Crippen LogP contribution in [0.1, 0.15) is 41.3 Å². The number of aromatic nitrogens is 3. The molecule has 0 unspecified atom stereocenters. The molecule has 1 aromatic carbocycles. The first kappa shape index (κ1) is 14.6. The van der Waals surface area contributed by atoms with Crippen LogP contribution in [0.3, 0.4) is 0 Å². The van der Waals surface area contributed by atoms with Gasteiger partial charge in [-0.05, 0) is 25.0 Å². The third kappa shape index (κ3) is 3.10. The van der Waals surface area contributed by atoms with Crippen molar-refractivity contribution in [3.8, 4) is 5.75 Å². The van der Waals surface area contributed by atoms with Gasteiger partial charge in [0.1, 0.15) is 17.4 Å². The molecule has 3 rings (SSSR count). The highest BCUT2D eigenvalue weighted by Gasteiger charge is 2.15. The third-order valence-corrected chi connectivity index (χ3v) is 3.97. The van der Waals surface area contributed by atoms with Crippen LogP contribution in [0.4, 0.5) is 0 Å². The molecule has 1 amide bonds. The standard InChI is InChI=1S/C16H20N4O2/c21-13-7-4-3-6-12(13)16(22)17-10-9-15-19-18-14-8-2-1-5-11-20(14)15/h3-4,6-7,21H,1-2,5,8-11H2,(H,17,22). The van der Waals surface area contributed by atoms with Crippen LogP contribution in [0.5, 0.6) is 5.75 Å². The minimum atomic E-state index is -0.270. The van der Waals surface area contributed by atoms with Crippen LogP contribution < -0.4 is 5.32 Å². The third-order valence-electron chi connectivity index (χ3n) is 3.97. The minimum Gasteiger partial charge on any atom is -0.507 e. The molecule has 0 atom stereocenters. The number of carbonyl (C=O) groups is 1. The smallest absolute Gasteiger partial charge is 0.255 e. The molecule has 1 aromatic heterocycles. The molecule has 0 aliphatic carbocycles. The van der Waals surface area contributed by atoms with E-state index in [0.29, 0.717) is 18.5 Å². The van der Waals surface area contributed by atoms with E-state index < -0.39 is 0 Å². The Morgan fingerprint density at radius 3 is 2.95 bits per heavy atom. The van der Waals surface area contributed by atoms with Crippen LogP contribution in [0.2, 0.25) is 0 Å². The van der Waals surface area contributed by atoms with Gasteiger partial charge >= 0.3 is 0 Å². The maximum absolute atomic E-state index is 12.0. The van der Waals surface area contributed by atoms with E-state index in [1.165, 1.54) is 18.9 Å². The van der Waals surface area contributed by atoms with Crippen LogP contribution in [0.25, 0.3) is 0 Å². The summed E-state index contributed by atoms with van der Waals surface area (Å²) in [6.07, 6.45) is 5.18. The van der Waals surface area contributed by atoms with Crippen molar-refractivity contribution in [2.75, 3.05) is 6.54 Å². The van der Waals surface area contributed by atoms with E-state index in [2.05, 4.69) is 20.1 Å². The van der Waals surface area contributed by atoms with E-state index in [0.717, 1.165) is 31.0 Å². The van der Waals surface area contributed by atoms with Crippen LogP contribution in [-0.2, 0) is 19.4 Å². The molecule has 2 aromatic rings. The van der Waals surface area contributed by atoms with Gasteiger partial charge in [0.2, 0.25) is 0 Å². The Morgan fingerprint density at radius 2 is 2.09 bits per heavy atom. The van der Waals surface area contributed by atoms with Gasteiger partial charge in [-0.1, -0.05) is 18.6 Å².